The highest BCUT2D eigenvalue weighted by molar-refractivity contribution is 7.47. The van der Waals surface area contributed by atoms with E-state index >= 15 is 0 Å². The topological polar surface area (TPSA) is 269 Å². The number of ether oxygens (including phenoxy) is 3. The van der Waals surface area contributed by atoms with Crippen LogP contribution in [0.4, 0.5) is 0 Å². The van der Waals surface area contributed by atoms with Crippen molar-refractivity contribution in [2.24, 2.45) is 0 Å². The monoisotopic (exact) mass is 981 g/mol. The molecule has 19 heteroatoms. The maximum Gasteiger partial charge on any atom is 0.472 e. The largest absolute Gasteiger partial charge is 0.472 e. The molecule has 0 amide bonds. The molecule has 0 aromatic rings. The van der Waals surface area contributed by atoms with Gasteiger partial charge in [-0.05, 0) is 77.0 Å². The number of hydrogen-bond donors (Lipinski definition) is 7. The molecule has 0 radical (unpaired) electrons. The number of aliphatic hydroxyl groups is 4. The summed E-state index contributed by atoms with van der Waals surface area (Å²) in [4.78, 5) is 54.3. The number of unbranched alkanes of at least 4 members (excludes halogenated alkanes) is 15. The summed E-state index contributed by atoms with van der Waals surface area (Å²) in [5, 5.41) is 41.3. The molecule has 0 spiro atoms. The first-order chi connectivity index (χ1) is 31.6. The molecular weight excluding hydrogens is 898 g/mol. The summed E-state index contributed by atoms with van der Waals surface area (Å²) in [6.45, 7) is 3.01. The number of phosphoric acid groups is 2. The molecule has 0 bridgehead atoms. The van der Waals surface area contributed by atoms with Crippen molar-refractivity contribution in [2.75, 3.05) is 13.2 Å². The minimum atomic E-state index is -5.37. The quantitative estimate of drug-likeness (QED) is 0.0100. The van der Waals surface area contributed by atoms with Crippen molar-refractivity contribution in [3.05, 3.63) is 48.6 Å². The minimum absolute atomic E-state index is 0.0398. The number of carbonyl (C=O) groups excluding carboxylic acids is 2. The van der Waals surface area contributed by atoms with E-state index in [-0.39, 0.29) is 25.0 Å². The predicted octanol–water partition coefficient (Wildman–Crippen LogP) is 8.27. The Bertz CT molecular complexity index is 1530. The second-order valence-electron chi connectivity index (χ2n) is 17.2. The summed E-state index contributed by atoms with van der Waals surface area (Å²) in [6, 6.07) is 0. The summed E-state index contributed by atoms with van der Waals surface area (Å²) in [5.41, 5.74) is 0. The smallest absolute Gasteiger partial charge is 0.462 e. The first-order valence-corrected chi connectivity index (χ1v) is 27.3. The highest BCUT2D eigenvalue weighted by atomic mass is 31.2. The molecule has 66 heavy (non-hydrogen) atoms. The van der Waals surface area contributed by atoms with Crippen molar-refractivity contribution >= 4 is 27.6 Å². The number of carbonyl (C=O) groups is 2. The third kappa shape index (κ3) is 28.4. The number of esters is 2. The third-order valence-corrected chi connectivity index (χ3v) is 12.8. The Kier molecular flexibility index (Phi) is 31.9. The molecule has 2 fully saturated rings. The maximum atomic E-state index is 13.0. The van der Waals surface area contributed by atoms with Crippen LogP contribution in [0.3, 0.4) is 0 Å². The lowest BCUT2D eigenvalue weighted by Gasteiger charge is -2.43. The van der Waals surface area contributed by atoms with E-state index in [2.05, 4.69) is 54.8 Å². The van der Waals surface area contributed by atoms with Crippen molar-refractivity contribution in [2.45, 2.75) is 223 Å². The van der Waals surface area contributed by atoms with Crippen LogP contribution in [0.15, 0.2) is 48.6 Å². The van der Waals surface area contributed by atoms with Crippen molar-refractivity contribution in [3.8, 4) is 0 Å². The standard InChI is InChI=1S/C47H82O17P2/c1-3-5-7-9-11-12-13-14-15-16-17-18-21-25-29-33-40(48)59-35-37(36-60-66(57,58)64-47-44(52)42(50)43(51)46(45(47)53)63-65(54,55)56)61-41(49)34-30-26-22-19-20-24-28-32-39-38(62-39)31-27-23-10-8-6-4-2/h14-15,19,22-24,27-28,37-39,42-47,50-53H,3-13,16-18,20-21,25-26,29-36H2,1-2H3,(H,57,58)(H2,54,55,56)/b15-14-,22-19-,27-23-,28-24-/t37-,38?,39?,42?,43?,44?,45?,46-,47+/m1/s1. The van der Waals surface area contributed by atoms with E-state index < -0.39 is 83.5 Å². The number of aliphatic hydroxyl groups excluding tert-OH is 4. The van der Waals surface area contributed by atoms with Crippen molar-refractivity contribution < 1.29 is 81.6 Å². The summed E-state index contributed by atoms with van der Waals surface area (Å²) < 4.78 is 55.1. The van der Waals surface area contributed by atoms with Gasteiger partial charge < -0.3 is 49.3 Å². The fourth-order valence-electron chi connectivity index (χ4n) is 7.35. The second kappa shape index (κ2) is 35.1. The van der Waals surface area contributed by atoms with E-state index in [4.69, 9.17) is 23.3 Å². The van der Waals surface area contributed by atoms with Gasteiger partial charge in [0, 0.05) is 12.8 Å². The molecule has 0 aromatic carbocycles. The second-order valence-corrected chi connectivity index (χ2v) is 19.8. The molecule has 1 heterocycles. The normalized spacial score (nSPS) is 25.0. The Balaban J connectivity index is 1.82. The van der Waals surface area contributed by atoms with Gasteiger partial charge in [-0.1, -0.05) is 127 Å². The van der Waals surface area contributed by atoms with Gasteiger partial charge >= 0.3 is 27.6 Å². The van der Waals surface area contributed by atoms with Crippen LogP contribution in [0.25, 0.3) is 0 Å². The highest BCUT2D eigenvalue weighted by Crippen LogP contribution is 2.49. The molecule has 1 saturated carbocycles. The summed E-state index contributed by atoms with van der Waals surface area (Å²) >= 11 is 0. The molecule has 0 aromatic heterocycles. The van der Waals surface area contributed by atoms with Gasteiger partial charge in [0.05, 0.1) is 18.8 Å². The Labute approximate surface area is 392 Å². The van der Waals surface area contributed by atoms with Gasteiger partial charge in [-0.2, -0.15) is 0 Å². The first-order valence-electron chi connectivity index (χ1n) is 24.3. The van der Waals surface area contributed by atoms with E-state index in [9.17, 15) is 53.8 Å². The average Bonchev–Trinajstić information content (AvgIpc) is 4.03. The van der Waals surface area contributed by atoms with E-state index in [1.807, 2.05) is 12.2 Å². The Morgan fingerprint density at radius 2 is 1.02 bits per heavy atom. The zero-order valence-corrected chi connectivity index (χ0v) is 41.1. The minimum Gasteiger partial charge on any atom is -0.462 e. The Hall–Kier alpha value is -2.08. The van der Waals surface area contributed by atoms with Crippen LogP contribution >= 0.6 is 15.6 Å². The molecular formula is C47H82O17P2. The molecule has 1 saturated heterocycles. The van der Waals surface area contributed by atoms with Crippen LogP contribution in [-0.4, -0.2) is 115 Å². The molecule has 382 valence electrons. The fraction of sp³-hybridized carbons (Fsp3) is 0.787. The summed E-state index contributed by atoms with van der Waals surface area (Å²) in [6.07, 6.45) is 25.3. The number of hydrogen-bond acceptors (Lipinski definition) is 14. The first kappa shape index (κ1) is 60.0. The molecule has 7 unspecified atom stereocenters. The van der Waals surface area contributed by atoms with Gasteiger partial charge in [-0.25, -0.2) is 9.13 Å². The van der Waals surface area contributed by atoms with Gasteiger partial charge in [-0.3, -0.25) is 23.2 Å². The molecule has 1 aliphatic carbocycles. The van der Waals surface area contributed by atoms with Crippen LogP contribution in [0.2, 0.25) is 0 Å². The van der Waals surface area contributed by atoms with Crippen molar-refractivity contribution in [3.63, 3.8) is 0 Å². The lowest BCUT2D eigenvalue weighted by Crippen LogP contribution is -2.64. The number of phosphoric ester groups is 2. The molecule has 17 nitrogen and oxygen atoms in total. The highest BCUT2D eigenvalue weighted by Gasteiger charge is 2.54. The predicted molar refractivity (Wildman–Crippen MR) is 250 cm³/mol. The number of allylic oxidation sites excluding steroid dienone is 6. The number of rotatable bonds is 39. The average molecular weight is 981 g/mol. The van der Waals surface area contributed by atoms with Gasteiger partial charge in [0.2, 0.25) is 0 Å². The lowest BCUT2D eigenvalue weighted by atomic mass is 9.85. The van der Waals surface area contributed by atoms with Gasteiger partial charge in [0.25, 0.3) is 0 Å². The van der Waals surface area contributed by atoms with Gasteiger partial charge in [0.15, 0.2) is 6.10 Å². The van der Waals surface area contributed by atoms with Crippen LogP contribution in [0.5, 0.6) is 0 Å². The van der Waals surface area contributed by atoms with Crippen molar-refractivity contribution in [1.82, 2.24) is 0 Å². The molecule has 2 rings (SSSR count). The van der Waals surface area contributed by atoms with Crippen LogP contribution in [-0.2, 0) is 46.5 Å². The van der Waals surface area contributed by atoms with E-state index in [1.165, 1.54) is 57.8 Å². The van der Waals surface area contributed by atoms with Gasteiger partial charge in [0.1, 0.15) is 43.2 Å². The zero-order valence-electron chi connectivity index (χ0n) is 39.3. The van der Waals surface area contributed by atoms with Crippen molar-refractivity contribution in [1.29, 1.82) is 0 Å². The summed E-state index contributed by atoms with van der Waals surface area (Å²) in [5.74, 6) is -1.29. The van der Waals surface area contributed by atoms with Crippen LogP contribution in [0, 0.1) is 0 Å². The van der Waals surface area contributed by atoms with Gasteiger partial charge in [-0.15, -0.1) is 0 Å². The maximum absolute atomic E-state index is 13.0. The molecule has 10 atom stereocenters. The van der Waals surface area contributed by atoms with E-state index in [1.54, 1.807) is 0 Å². The number of epoxide rings is 1. The zero-order chi connectivity index (χ0) is 48.6. The Morgan fingerprint density at radius 1 is 0.545 bits per heavy atom. The van der Waals surface area contributed by atoms with Crippen LogP contribution < -0.4 is 0 Å². The van der Waals surface area contributed by atoms with E-state index in [0.717, 1.165) is 64.2 Å². The summed E-state index contributed by atoms with van der Waals surface area (Å²) in [7, 11) is -10.7. The third-order valence-electron chi connectivity index (χ3n) is 11.3. The SMILES string of the molecule is CCCCC/C=C\CC1OC1C/C=C\C/C=C\CCCC(=O)O[C@H](COC(=O)CCCCCCC/C=C\CCCCCCCC)COP(=O)(O)O[C@H]1C(O)C(O)C(O)[C@@H](OP(=O)(O)O)C1O. The van der Waals surface area contributed by atoms with Crippen LogP contribution in [0.1, 0.15) is 168 Å². The lowest BCUT2D eigenvalue weighted by molar-refractivity contribution is -0.216. The fourth-order valence-corrected chi connectivity index (χ4v) is 8.89. The molecule has 2 aliphatic rings. The molecule has 7 N–H and O–H groups in total. The Morgan fingerprint density at radius 3 is 1.64 bits per heavy atom. The molecule has 1 aliphatic heterocycles. The van der Waals surface area contributed by atoms with E-state index in [0.29, 0.717) is 19.3 Å².